The molecule has 1 heterocycles. The summed E-state index contributed by atoms with van der Waals surface area (Å²) in [7, 11) is -2.98. The first kappa shape index (κ1) is 15.9. The Bertz CT molecular complexity index is 604. The lowest BCUT2D eigenvalue weighted by Gasteiger charge is -2.11. The molecule has 1 fully saturated rings. The van der Waals surface area contributed by atoms with E-state index in [-0.39, 0.29) is 35.8 Å². The van der Waals surface area contributed by atoms with Crippen LogP contribution in [0.2, 0.25) is 0 Å². The van der Waals surface area contributed by atoms with Crippen LogP contribution in [0.4, 0.5) is 4.39 Å². The van der Waals surface area contributed by atoms with Gasteiger partial charge in [0.25, 0.3) is 0 Å². The number of carbonyl (C=O) groups is 1. The van der Waals surface area contributed by atoms with Crippen molar-refractivity contribution in [1.82, 2.24) is 10.6 Å². The van der Waals surface area contributed by atoms with Crippen LogP contribution < -0.4 is 10.6 Å². The maximum absolute atomic E-state index is 13.4. The van der Waals surface area contributed by atoms with Crippen LogP contribution >= 0.6 is 0 Å². The van der Waals surface area contributed by atoms with Gasteiger partial charge in [0, 0.05) is 6.04 Å². The van der Waals surface area contributed by atoms with Crippen LogP contribution in [0, 0.1) is 5.82 Å². The van der Waals surface area contributed by atoms with E-state index >= 15 is 0 Å². The summed E-state index contributed by atoms with van der Waals surface area (Å²) in [6, 6.07) is 6.24. The Morgan fingerprint density at radius 1 is 1.33 bits per heavy atom. The Balaban J connectivity index is 1.65. The van der Waals surface area contributed by atoms with E-state index in [1.165, 1.54) is 6.07 Å². The topological polar surface area (TPSA) is 75.3 Å². The average molecular weight is 314 g/mol. The fraction of sp³-hybridized carbons (Fsp3) is 0.500. The molecule has 21 heavy (non-hydrogen) atoms. The van der Waals surface area contributed by atoms with Gasteiger partial charge in [0.1, 0.15) is 5.82 Å². The molecule has 1 aromatic carbocycles. The van der Waals surface area contributed by atoms with Gasteiger partial charge in [-0.25, -0.2) is 12.8 Å². The summed E-state index contributed by atoms with van der Waals surface area (Å²) in [5, 5.41) is 5.62. The molecule has 7 heteroatoms. The van der Waals surface area contributed by atoms with E-state index in [1.54, 1.807) is 18.2 Å². The molecule has 0 saturated carbocycles. The fourth-order valence-corrected chi connectivity index (χ4v) is 3.99. The van der Waals surface area contributed by atoms with Gasteiger partial charge in [-0.15, -0.1) is 0 Å². The van der Waals surface area contributed by atoms with Crippen LogP contribution in [0.3, 0.4) is 0 Å². The van der Waals surface area contributed by atoms with Gasteiger partial charge in [-0.2, -0.15) is 0 Å². The van der Waals surface area contributed by atoms with Gasteiger partial charge >= 0.3 is 0 Å². The zero-order valence-corrected chi connectivity index (χ0v) is 12.5. The first-order chi connectivity index (χ1) is 9.96. The highest BCUT2D eigenvalue weighted by atomic mass is 32.2. The van der Waals surface area contributed by atoms with E-state index in [9.17, 15) is 17.6 Å². The largest absolute Gasteiger partial charge is 0.351 e. The van der Waals surface area contributed by atoms with Crippen LogP contribution in [0.15, 0.2) is 24.3 Å². The second kappa shape index (κ2) is 7.00. The molecule has 1 atom stereocenters. The highest BCUT2D eigenvalue weighted by molar-refractivity contribution is 7.91. The van der Waals surface area contributed by atoms with Crippen molar-refractivity contribution in [2.45, 2.75) is 18.9 Å². The van der Waals surface area contributed by atoms with E-state index in [0.29, 0.717) is 24.9 Å². The normalized spacial score (nSPS) is 20.3. The lowest BCUT2D eigenvalue weighted by molar-refractivity contribution is -0.120. The summed E-state index contributed by atoms with van der Waals surface area (Å²) in [6.45, 7) is 0.586. The molecule has 2 N–H and O–H groups in total. The highest BCUT2D eigenvalue weighted by Crippen LogP contribution is 2.10. The molecule has 1 aliphatic heterocycles. The molecule has 0 radical (unpaired) electrons. The smallest absolute Gasteiger partial charge is 0.234 e. The molecular formula is C14H19FN2O3S. The number of sulfone groups is 1. The van der Waals surface area contributed by atoms with Crippen LogP contribution in [0.25, 0.3) is 0 Å². The van der Waals surface area contributed by atoms with E-state index in [4.69, 9.17) is 0 Å². The molecule has 1 aliphatic rings. The third-order valence-corrected chi connectivity index (χ3v) is 5.18. The number of hydrogen-bond donors (Lipinski definition) is 2. The van der Waals surface area contributed by atoms with Gasteiger partial charge in [0.2, 0.25) is 5.91 Å². The standard InChI is InChI=1S/C14H19FN2O3S/c15-13-4-2-1-3-11(13)5-7-16-9-14(18)17-12-6-8-21(19,20)10-12/h1-4,12,16H,5-10H2,(H,17,18). The van der Waals surface area contributed by atoms with Crippen molar-refractivity contribution in [3.05, 3.63) is 35.6 Å². The van der Waals surface area contributed by atoms with Crippen LogP contribution in [0.5, 0.6) is 0 Å². The lowest BCUT2D eigenvalue weighted by Crippen LogP contribution is -2.41. The number of carbonyl (C=O) groups excluding carboxylic acids is 1. The molecule has 0 spiro atoms. The van der Waals surface area contributed by atoms with Gasteiger partial charge in [-0.1, -0.05) is 18.2 Å². The Morgan fingerprint density at radius 2 is 2.10 bits per heavy atom. The van der Waals surface area contributed by atoms with Gasteiger partial charge in [-0.05, 0) is 31.0 Å². The summed E-state index contributed by atoms with van der Waals surface area (Å²) in [6.07, 6.45) is 0.973. The maximum atomic E-state index is 13.4. The minimum Gasteiger partial charge on any atom is -0.351 e. The van der Waals surface area contributed by atoms with E-state index in [0.717, 1.165) is 0 Å². The quantitative estimate of drug-likeness (QED) is 0.739. The van der Waals surface area contributed by atoms with Gasteiger partial charge in [-0.3, -0.25) is 4.79 Å². The minimum absolute atomic E-state index is 0.0218. The van der Waals surface area contributed by atoms with Gasteiger partial charge in [0.15, 0.2) is 9.84 Å². The number of benzene rings is 1. The minimum atomic E-state index is -2.98. The predicted octanol–water partition coefficient (Wildman–Crippen LogP) is 0.261. The predicted molar refractivity (Wildman–Crippen MR) is 78.2 cm³/mol. The molecule has 1 amide bonds. The second-order valence-electron chi connectivity index (χ2n) is 5.19. The van der Waals surface area contributed by atoms with E-state index < -0.39 is 9.84 Å². The zero-order valence-electron chi connectivity index (χ0n) is 11.6. The van der Waals surface area contributed by atoms with Crippen LogP contribution in [-0.4, -0.2) is 45.0 Å². The van der Waals surface area contributed by atoms with Crippen molar-refractivity contribution >= 4 is 15.7 Å². The van der Waals surface area contributed by atoms with Crippen LogP contribution in [0.1, 0.15) is 12.0 Å². The molecule has 1 aromatic rings. The molecule has 0 aromatic heterocycles. The van der Waals surface area contributed by atoms with Crippen LogP contribution in [-0.2, 0) is 21.1 Å². The summed E-state index contributed by atoms with van der Waals surface area (Å²) in [4.78, 5) is 11.6. The molecule has 116 valence electrons. The number of halogens is 1. The molecule has 2 rings (SSSR count). The second-order valence-corrected chi connectivity index (χ2v) is 7.41. The molecule has 0 bridgehead atoms. The zero-order chi connectivity index (χ0) is 15.3. The molecule has 0 aliphatic carbocycles. The maximum Gasteiger partial charge on any atom is 0.234 e. The van der Waals surface area contributed by atoms with Gasteiger partial charge < -0.3 is 10.6 Å². The summed E-state index contributed by atoms with van der Waals surface area (Å²) in [5.74, 6) is -0.322. The Labute approximate surface area is 123 Å². The van der Waals surface area contributed by atoms with Crippen molar-refractivity contribution < 1.29 is 17.6 Å². The third kappa shape index (κ3) is 5.09. The van der Waals surface area contributed by atoms with Crippen molar-refractivity contribution in [3.8, 4) is 0 Å². The van der Waals surface area contributed by atoms with E-state index in [2.05, 4.69) is 10.6 Å². The average Bonchev–Trinajstić information content (AvgIpc) is 2.76. The Morgan fingerprint density at radius 3 is 2.76 bits per heavy atom. The lowest BCUT2D eigenvalue weighted by atomic mass is 10.1. The SMILES string of the molecule is O=C(CNCCc1ccccc1F)NC1CCS(=O)(=O)C1. The fourth-order valence-electron chi connectivity index (χ4n) is 2.31. The first-order valence-corrected chi connectivity index (χ1v) is 8.72. The van der Waals surface area contributed by atoms with Gasteiger partial charge in [0.05, 0.1) is 18.1 Å². The Hall–Kier alpha value is -1.47. The van der Waals surface area contributed by atoms with Crippen molar-refractivity contribution in [3.63, 3.8) is 0 Å². The summed E-state index contributed by atoms with van der Waals surface area (Å²) in [5.41, 5.74) is 0.604. The van der Waals surface area contributed by atoms with Crippen molar-refractivity contribution in [1.29, 1.82) is 0 Å². The number of amides is 1. The number of nitrogens with one attached hydrogen (secondary N) is 2. The summed E-state index contributed by atoms with van der Waals surface area (Å²) < 4.78 is 35.9. The first-order valence-electron chi connectivity index (χ1n) is 6.90. The van der Waals surface area contributed by atoms with E-state index in [1.807, 2.05) is 0 Å². The van der Waals surface area contributed by atoms with Crippen molar-refractivity contribution in [2.24, 2.45) is 0 Å². The molecule has 1 saturated heterocycles. The monoisotopic (exact) mass is 314 g/mol. The molecule has 1 unspecified atom stereocenters. The number of rotatable bonds is 6. The summed E-state index contributed by atoms with van der Waals surface area (Å²) >= 11 is 0. The Kier molecular flexibility index (Phi) is 5.30. The molecular weight excluding hydrogens is 295 g/mol. The third-order valence-electron chi connectivity index (χ3n) is 3.41. The number of hydrogen-bond acceptors (Lipinski definition) is 4. The van der Waals surface area contributed by atoms with Crippen molar-refractivity contribution in [2.75, 3.05) is 24.6 Å². The highest BCUT2D eigenvalue weighted by Gasteiger charge is 2.28. The molecule has 5 nitrogen and oxygen atoms in total.